The average Bonchev–Trinajstić information content (AvgIpc) is 2.38. The Balaban J connectivity index is 2.42. The maximum atomic E-state index is 11.7. The van der Waals surface area contributed by atoms with Gasteiger partial charge in [-0.15, -0.1) is 0 Å². The van der Waals surface area contributed by atoms with Crippen LogP contribution in [0, 0.1) is 10.1 Å². The fourth-order valence-corrected chi connectivity index (χ4v) is 2.09. The van der Waals surface area contributed by atoms with Gasteiger partial charge in [0.15, 0.2) is 0 Å². The van der Waals surface area contributed by atoms with E-state index in [4.69, 9.17) is 11.6 Å². The third-order valence-corrected chi connectivity index (χ3v) is 3.24. The van der Waals surface area contributed by atoms with Crippen molar-refractivity contribution >= 4 is 28.9 Å². The van der Waals surface area contributed by atoms with Crippen molar-refractivity contribution in [3.63, 3.8) is 0 Å². The molecule has 0 spiro atoms. The van der Waals surface area contributed by atoms with Crippen molar-refractivity contribution in [2.24, 2.45) is 0 Å². The number of amides is 1. The molecular formula is C14H19ClN2O3. The summed E-state index contributed by atoms with van der Waals surface area (Å²) in [7, 11) is 0. The lowest BCUT2D eigenvalue weighted by molar-refractivity contribution is -0.384. The molecule has 110 valence electrons. The van der Waals surface area contributed by atoms with Crippen molar-refractivity contribution in [3.05, 3.63) is 33.3 Å². The summed E-state index contributed by atoms with van der Waals surface area (Å²) in [5.41, 5.74) is 0.323. The molecule has 1 N–H and O–H groups in total. The number of hydrogen-bond donors (Lipinski definition) is 1. The first-order valence-corrected chi connectivity index (χ1v) is 7.16. The monoisotopic (exact) mass is 298 g/mol. The maximum absolute atomic E-state index is 11.7. The van der Waals surface area contributed by atoms with Gasteiger partial charge in [-0.3, -0.25) is 14.9 Å². The van der Waals surface area contributed by atoms with Crippen LogP contribution in [0.1, 0.15) is 45.4 Å². The van der Waals surface area contributed by atoms with Crippen LogP contribution in [-0.4, -0.2) is 10.8 Å². The molecular weight excluding hydrogens is 280 g/mol. The molecule has 1 rings (SSSR count). The molecule has 5 nitrogen and oxygen atoms in total. The Kier molecular flexibility index (Phi) is 7.01. The largest absolute Gasteiger partial charge is 0.326 e. The van der Waals surface area contributed by atoms with E-state index < -0.39 is 4.92 Å². The standard InChI is InChI=1S/C14H19ClN2O3/c1-2-3-4-5-6-7-14(18)16-11-8-9-13(17(19)20)12(15)10-11/h8-10H,2-7H2,1H3,(H,16,18). The topological polar surface area (TPSA) is 72.2 Å². The van der Waals surface area contributed by atoms with Crippen molar-refractivity contribution in [2.45, 2.75) is 45.4 Å². The highest BCUT2D eigenvalue weighted by atomic mass is 35.5. The summed E-state index contributed by atoms with van der Waals surface area (Å²) in [6.07, 6.45) is 5.87. The predicted octanol–water partition coefficient (Wildman–Crippen LogP) is 4.55. The van der Waals surface area contributed by atoms with Gasteiger partial charge in [0.25, 0.3) is 5.69 Å². The average molecular weight is 299 g/mol. The summed E-state index contributed by atoms with van der Waals surface area (Å²) in [5.74, 6) is -0.0913. The third-order valence-electron chi connectivity index (χ3n) is 2.94. The van der Waals surface area contributed by atoms with E-state index in [9.17, 15) is 14.9 Å². The quantitative estimate of drug-likeness (QED) is 0.435. The summed E-state index contributed by atoms with van der Waals surface area (Å²) in [6.45, 7) is 2.14. The zero-order chi connectivity index (χ0) is 15.0. The number of carbonyl (C=O) groups is 1. The van der Waals surface area contributed by atoms with Gasteiger partial charge in [-0.25, -0.2) is 0 Å². The van der Waals surface area contributed by atoms with Gasteiger partial charge in [0.05, 0.1) is 4.92 Å². The highest BCUT2D eigenvalue weighted by molar-refractivity contribution is 6.33. The first-order chi connectivity index (χ1) is 9.54. The zero-order valence-corrected chi connectivity index (χ0v) is 12.3. The lowest BCUT2D eigenvalue weighted by atomic mass is 10.1. The number of nitro benzene ring substituents is 1. The Morgan fingerprint density at radius 1 is 1.30 bits per heavy atom. The Morgan fingerprint density at radius 3 is 2.60 bits per heavy atom. The van der Waals surface area contributed by atoms with E-state index in [1.54, 1.807) is 0 Å². The second-order valence-corrected chi connectivity index (χ2v) is 5.04. The van der Waals surface area contributed by atoms with E-state index in [1.807, 2.05) is 0 Å². The van der Waals surface area contributed by atoms with Gasteiger partial charge in [0, 0.05) is 18.2 Å². The predicted molar refractivity (Wildman–Crippen MR) is 80.1 cm³/mol. The van der Waals surface area contributed by atoms with Crippen molar-refractivity contribution < 1.29 is 9.72 Å². The molecule has 1 aromatic carbocycles. The van der Waals surface area contributed by atoms with Crippen LogP contribution >= 0.6 is 11.6 Å². The molecule has 0 fully saturated rings. The molecule has 0 aliphatic rings. The van der Waals surface area contributed by atoms with Crippen LogP contribution in [0.4, 0.5) is 11.4 Å². The van der Waals surface area contributed by atoms with Crippen LogP contribution in [0.5, 0.6) is 0 Å². The number of nitro groups is 1. The van der Waals surface area contributed by atoms with Crippen LogP contribution in [0.2, 0.25) is 5.02 Å². The summed E-state index contributed by atoms with van der Waals surface area (Å²) >= 11 is 5.78. The molecule has 0 aliphatic heterocycles. The Bertz CT molecular complexity index is 477. The second-order valence-electron chi connectivity index (χ2n) is 4.64. The third kappa shape index (κ3) is 5.57. The van der Waals surface area contributed by atoms with Crippen molar-refractivity contribution in [1.82, 2.24) is 0 Å². The molecule has 0 atom stereocenters. The number of anilines is 1. The Hall–Kier alpha value is -1.62. The maximum Gasteiger partial charge on any atom is 0.288 e. The van der Waals surface area contributed by atoms with Gasteiger partial charge in [0.1, 0.15) is 5.02 Å². The molecule has 1 amide bonds. The second kappa shape index (κ2) is 8.53. The lowest BCUT2D eigenvalue weighted by Crippen LogP contribution is -2.11. The zero-order valence-electron chi connectivity index (χ0n) is 11.5. The minimum atomic E-state index is -0.554. The molecule has 0 heterocycles. The fourth-order valence-electron chi connectivity index (χ4n) is 1.85. The number of unbranched alkanes of at least 4 members (excludes halogenated alkanes) is 4. The minimum absolute atomic E-state index is 0.0238. The molecule has 0 radical (unpaired) electrons. The number of nitrogens with zero attached hydrogens (tertiary/aromatic N) is 1. The molecule has 0 saturated heterocycles. The van der Waals surface area contributed by atoms with Crippen molar-refractivity contribution in [1.29, 1.82) is 0 Å². The molecule has 0 saturated carbocycles. The van der Waals surface area contributed by atoms with E-state index in [-0.39, 0.29) is 16.6 Å². The van der Waals surface area contributed by atoms with Gasteiger partial charge >= 0.3 is 0 Å². The fraction of sp³-hybridized carbons (Fsp3) is 0.500. The van der Waals surface area contributed by atoms with Crippen molar-refractivity contribution in [2.75, 3.05) is 5.32 Å². The highest BCUT2D eigenvalue weighted by Crippen LogP contribution is 2.27. The number of carbonyl (C=O) groups excluding carboxylic acids is 1. The van der Waals surface area contributed by atoms with Crippen molar-refractivity contribution in [3.8, 4) is 0 Å². The molecule has 0 unspecified atom stereocenters. The number of benzene rings is 1. The highest BCUT2D eigenvalue weighted by Gasteiger charge is 2.12. The Labute approximate surface area is 123 Å². The van der Waals surface area contributed by atoms with Gasteiger partial charge in [-0.2, -0.15) is 0 Å². The van der Waals surface area contributed by atoms with Gasteiger partial charge in [-0.1, -0.05) is 44.2 Å². The molecule has 0 aliphatic carbocycles. The van der Waals surface area contributed by atoms with Gasteiger partial charge in [0.2, 0.25) is 5.91 Å². The SMILES string of the molecule is CCCCCCCC(=O)Nc1ccc([N+](=O)[O-])c(Cl)c1. The molecule has 6 heteroatoms. The van der Waals surface area contributed by atoms with E-state index in [0.717, 1.165) is 19.3 Å². The van der Waals surface area contributed by atoms with E-state index in [2.05, 4.69) is 12.2 Å². The van der Waals surface area contributed by atoms with E-state index in [1.165, 1.54) is 31.0 Å². The van der Waals surface area contributed by atoms with Crippen LogP contribution in [0.15, 0.2) is 18.2 Å². The molecule has 20 heavy (non-hydrogen) atoms. The van der Waals surface area contributed by atoms with Crippen LogP contribution in [0.3, 0.4) is 0 Å². The van der Waals surface area contributed by atoms with E-state index >= 15 is 0 Å². The minimum Gasteiger partial charge on any atom is -0.326 e. The van der Waals surface area contributed by atoms with E-state index in [0.29, 0.717) is 12.1 Å². The molecule has 0 bridgehead atoms. The number of halogens is 1. The smallest absolute Gasteiger partial charge is 0.288 e. The summed E-state index contributed by atoms with van der Waals surface area (Å²) in [5, 5.41) is 13.3. The molecule has 0 aromatic heterocycles. The van der Waals surface area contributed by atoms with Crippen LogP contribution < -0.4 is 5.32 Å². The number of nitrogens with one attached hydrogen (secondary N) is 1. The normalized spacial score (nSPS) is 10.3. The summed E-state index contributed by atoms with van der Waals surface area (Å²) in [6, 6.07) is 4.17. The van der Waals surface area contributed by atoms with Crippen LogP contribution in [0.25, 0.3) is 0 Å². The first kappa shape index (κ1) is 16.4. The summed E-state index contributed by atoms with van der Waals surface area (Å²) in [4.78, 5) is 21.7. The lowest BCUT2D eigenvalue weighted by Gasteiger charge is -2.05. The van der Waals surface area contributed by atoms with Gasteiger partial charge < -0.3 is 5.32 Å². The van der Waals surface area contributed by atoms with Gasteiger partial charge in [-0.05, 0) is 18.6 Å². The first-order valence-electron chi connectivity index (χ1n) is 6.78. The number of rotatable bonds is 8. The molecule has 1 aromatic rings. The summed E-state index contributed by atoms with van der Waals surface area (Å²) < 4.78 is 0. The Morgan fingerprint density at radius 2 is 2.00 bits per heavy atom. The van der Waals surface area contributed by atoms with Crippen LogP contribution in [-0.2, 0) is 4.79 Å². The number of hydrogen-bond acceptors (Lipinski definition) is 3.